The minimum atomic E-state index is -0.912. The number of halogens is 1. The van der Waals surface area contributed by atoms with E-state index in [1.807, 2.05) is 18.4 Å². The summed E-state index contributed by atoms with van der Waals surface area (Å²) < 4.78 is 20.8. The molecular weight excluding hydrogens is 265 g/mol. The molecule has 0 bridgehead atoms. The third kappa shape index (κ3) is 2.93. The van der Waals surface area contributed by atoms with Crippen LogP contribution in [0.25, 0.3) is 0 Å². The molecule has 0 amide bonds. The molecule has 1 aromatic heterocycles. The number of benzene rings is 1. The van der Waals surface area contributed by atoms with Crippen molar-refractivity contribution in [3.63, 3.8) is 0 Å². The summed E-state index contributed by atoms with van der Waals surface area (Å²) in [4.78, 5) is 13.8. The van der Waals surface area contributed by atoms with Gasteiger partial charge >= 0.3 is 5.69 Å². The summed E-state index contributed by atoms with van der Waals surface area (Å²) in [6.45, 7) is 4.24. The second-order valence-electron chi connectivity index (χ2n) is 4.54. The van der Waals surface area contributed by atoms with Gasteiger partial charge < -0.3 is 9.30 Å². The number of nitro benzene ring substituents is 1. The van der Waals surface area contributed by atoms with Gasteiger partial charge in [0.05, 0.1) is 23.1 Å². The first-order valence-electron chi connectivity index (χ1n) is 6.06. The highest BCUT2D eigenvalue weighted by molar-refractivity contribution is 5.37. The van der Waals surface area contributed by atoms with Crippen molar-refractivity contribution in [1.82, 2.24) is 9.55 Å². The molecule has 106 valence electrons. The van der Waals surface area contributed by atoms with Crippen LogP contribution in [0.5, 0.6) is 5.75 Å². The predicted molar refractivity (Wildman–Crippen MR) is 70.0 cm³/mol. The van der Waals surface area contributed by atoms with Crippen LogP contribution in [-0.4, -0.2) is 14.5 Å². The molecule has 0 radical (unpaired) electrons. The summed E-state index contributed by atoms with van der Waals surface area (Å²) in [6, 6.07) is 3.71. The minimum absolute atomic E-state index is 0.218. The van der Waals surface area contributed by atoms with Crippen molar-refractivity contribution in [2.24, 2.45) is 0 Å². The van der Waals surface area contributed by atoms with E-state index in [1.54, 1.807) is 12.5 Å². The van der Waals surface area contributed by atoms with Crippen molar-refractivity contribution in [2.45, 2.75) is 26.5 Å². The molecule has 6 nitrogen and oxygen atoms in total. The summed E-state index contributed by atoms with van der Waals surface area (Å²) in [7, 11) is 0. The number of imidazole rings is 1. The molecule has 0 saturated carbocycles. The lowest BCUT2D eigenvalue weighted by Crippen LogP contribution is -2.07. The summed E-state index contributed by atoms with van der Waals surface area (Å²) in [5, 5.41) is 10.5. The molecule has 0 unspecified atom stereocenters. The number of aromatic nitrogens is 2. The van der Waals surface area contributed by atoms with Gasteiger partial charge in [-0.05, 0) is 19.9 Å². The fourth-order valence-electron chi connectivity index (χ4n) is 1.79. The summed E-state index contributed by atoms with van der Waals surface area (Å²) in [5.41, 5.74) is 0.281. The summed E-state index contributed by atoms with van der Waals surface area (Å²) in [6.07, 6.45) is 3.36. The van der Waals surface area contributed by atoms with Crippen LogP contribution in [0.1, 0.15) is 25.6 Å². The van der Waals surface area contributed by atoms with Gasteiger partial charge in [0.1, 0.15) is 12.4 Å². The average molecular weight is 279 g/mol. The molecule has 0 N–H and O–H groups in total. The van der Waals surface area contributed by atoms with E-state index in [2.05, 4.69) is 4.98 Å². The maximum Gasteiger partial charge on any atom is 0.305 e. The van der Waals surface area contributed by atoms with Gasteiger partial charge in [0.15, 0.2) is 0 Å². The van der Waals surface area contributed by atoms with Crippen molar-refractivity contribution in [1.29, 1.82) is 0 Å². The smallest absolute Gasteiger partial charge is 0.305 e. The number of ether oxygens (including phenoxy) is 1. The van der Waals surface area contributed by atoms with E-state index in [1.165, 1.54) is 6.07 Å². The Morgan fingerprint density at radius 3 is 2.85 bits per heavy atom. The number of hydrogen-bond donors (Lipinski definition) is 0. The van der Waals surface area contributed by atoms with E-state index in [9.17, 15) is 14.5 Å². The van der Waals surface area contributed by atoms with Crippen molar-refractivity contribution >= 4 is 5.69 Å². The number of nitrogens with zero attached hydrogens (tertiary/aromatic N) is 3. The van der Waals surface area contributed by atoms with Crippen LogP contribution < -0.4 is 4.74 Å². The van der Waals surface area contributed by atoms with Crippen LogP contribution in [0.4, 0.5) is 10.1 Å². The molecule has 0 aliphatic carbocycles. The maximum absolute atomic E-state index is 13.4. The second kappa shape index (κ2) is 5.68. The lowest BCUT2D eigenvalue weighted by atomic mass is 10.3. The topological polar surface area (TPSA) is 70.2 Å². The SMILES string of the molecule is CC(C)n1cncc1COc1ccc([N+](=O)[O-])c(F)c1. The fraction of sp³-hybridized carbons (Fsp3) is 0.308. The van der Waals surface area contributed by atoms with Crippen LogP contribution in [0.2, 0.25) is 0 Å². The van der Waals surface area contributed by atoms with Crippen LogP contribution in [0.3, 0.4) is 0 Å². The Bertz CT molecular complexity index is 625. The van der Waals surface area contributed by atoms with Gasteiger partial charge in [0.25, 0.3) is 0 Å². The van der Waals surface area contributed by atoms with E-state index in [4.69, 9.17) is 4.74 Å². The standard InChI is InChI=1S/C13H14FN3O3/c1-9(2)16-8-15-6-10(16)7-20-11-3-4-13(17(18)19)12(14)5-11/h3-6,8-9H,7H2,1-2H3. The van der Waals surface area contributed by atoms with Crippen molar-refractivity contribution < 1.29 is 14.1 Å². The van der Waals surface area contributed by atoms with Crippen LogP contribution in [-0.2, 0) is 6.61 Å². The third-order valence-corrected chi connectivity index (χ3v) is 2.81. The van der Waals surface area contributed by atoms with Gasteiger partial charge in [-0.1, -0.05) is 0 Å². The number of rotatable bonds is 5. The highest BCUT2D eigenvalue weighted by atomic mass is 19.1. The van der Waals surface area contributed by atoms with Crippen molar-refractivity contribution in [3.8, 4) is 5.75 Å². The molecule has 1 aromatic carbocycles. The Balaban J connectivity index is 2.09. The Hall–Kier alpha value is -2.44. The van der Waals surface area contributed by atoms with Crippen molar-refractivity contribution in [3.05, 3.63) is 52.3 Å². The van der Waals surface area contributed by atoms with E-state index in [0.717, 1.165) is 17.8 Å². The van der Waals surface area contributed by atoms with Gasteiger partial charge in [-0.25, -0.2) is 4.98 Å². The van der Waals surface area contributed by atoms with E-state index in [0.29, 0.717) is 0 Å². The van der Waals surface area contributed by atoms with Gasteiger partial charge in [-0.2, -0.15) is 4.39 Å². The quantitative estimate of drug-likeness (QED) is 0.623. The summed E-state index contributed by atoms with van der Waals surface area (Å²) in [5.74, 6) is -0.672. The molecule has 7 heteroatoms. The number of nitro groups is 1. The molecule has 0 fully saturated rings. The normalized spacial score (nSPS) is 10.8. The largest absolute Gasteiger partial charge is 0.487 e. The molecule has 0 aliphatic rings. The third-order valence-electron chi connectivity index (χ3n) is 2.81. The molecule has 0 spiro atoms. The average Bonchev–Trinajstić information content (AvgIpc) is 2.84. The molecule has 2 aromatic rings. The fourth-order valence-corrected chi connectivity index (χ4v) is 1.79. The molecule has 0 atom stereocenters. The first kappa shape index (κ1) is 14.0. The monoisotopic (exact) mass is 279 g/mol. The first-order chi connectivity index (χ1) is 9.49. The highest BCUT2D eigenvalue weighted by Gasteiger charge is 2.14. The predicted octanol–water partition coefficient (Wildman–Crippen LogP) is 3.09. The van der Waals surface area contributed by atoms with Crippen LogP contribution in [0.15, 0.2) is 30.7 Å². The molecule has 20 heavy (non-hydrogen) atoms. The Labute approximate surface area is 115 Å². The van der Waals surface area contributed by atoms with E-state index >= 15 is 0 Å². The van der Waals surface area contributed by atoms with E-state index < -0.39 is 16.4 Å². The summed E-state index contributed by atoms with van der Waals surface area (Å²) >= 11 is 0. The van der Waals surface area contributed by atoms with Gasteiger partial charge in [-0.3, -0.25) is 10.1 Å². The zero-order chi connectivity index (χ0) is 14.7. The van der Waals surface area contributed by atoms with Crippen LogP contribution in [0, 0.1) is 15.9 Å². The molecule has 0 saturated heterocycles. The molecule has 2 rings (SSSR count). The molecular formula is C13H14FN3O3. The minimum Gasteiger partial charge on any atom is -0.487 e. The van der Waals surface area contributed by atoms with Gasteiger partial charge in [0.2, 0.25) is 5.82 Å². The first-order valence-corrected chi connectivity index (χ1v) is 6.06. The van der Waals surface area contributed by atoms with Crippen molar-refractivity contribution in [2.75, 3.05) is 0 Å². The van der Waals surface area contributed by atoms with E-state index in [-0.39, 0.29) is 18.4 Å². The lowest BCUT2D eigenvalue weighted by molar-refractivity contribution is -0.387. The van der Waals surface area contributed by atoms with Gasteiger partial charge in [-0.15, -0.1) is 0 Å². The molecule has 0 aliphatic heterocycles. The zero-order valence-corrected chi connectivity index (χ0v) is 11.1. The Morgan fingerprint density at radius 2 is 2.25 bits per heavy atom. The zero-order valence-electron chi connectivity index (χ0n) is 11.1. The highest BCUT2D eigenvalue weighted by Crippen LogP contribution is 2.23. The Morgan fingerprint density at radius 1 is 1.50 bits per heavy atom. The number of hydrogen-bond acceptors (Lipinski definition) is 4. The maximum atomic E-state index is 13.4. The second-order valence-corrected chi connectivity index (χ2v) is 4.54. The molecule has 1 heterocycles. The van der Waals surface area contributed by atoms with Gasteiger partial charge in [0, 0.05) is 18.2 Å². The van der Waals surface area contributed by atoms with Crippen LogP contribution >= 0.6 is 0 Å². The Kier molecular flexibility index (Phi) is 3.97. The lowest BCUT2D eigenvalue weighted by Gasteiger charge is -2.12.